The molecule has 1 unspecified atom stereocenters. The lowest BCUT2D eigenvalue weighted by Crippen LogP contribution is -2.24. The zero-order valence-corrected chi connectivity index (χ0v) is 12.4. The Kier molecular flexibility index (Phi) is 4.83. The molecule has 0 aliphatic heterocycles. The zero-order valence-electron chi connectivity index (χ0n) is 12.4. The zero-order chi connectivity index (χ0) is 17.1. The van der Waals surface area contributed by atoms with Gasteiger partial charge in [0.25, 0.3) is 5.69 Å². The molecule has 23 heavy (non-hydrogen) atoms. The minimum atomic E-state index is -1.26. The van der Waals surface area contributed by atoms with Gasteiger partial charge in [-0.25, -0.2) is 0 Å². The molecule has 120 valence electrons. The molecule has 1 atom stereocenters. The largest absolute Gasteiger partial charge is 0.392 e. The highest BCUT2D eigenvalue weighted by Crippen LogP contribution is 2.32. The average Bonchev–Trinajstić information content (AvgIpc) is 2.52. The van der Waals surface area contributed by atoms with Gasteiger partial charge in [-0.2, -0.15) is 0 Å². The molecule has 0 saturated heterocycles. The van der Waals surface area contributed by atoms with Crippen LogP contribution in [0.4, 0.5) is 5.69 Å². The molecule has 0 aromatic heterocycles. The van der Waals surface area contributed by atoms with Crippen molar-refractivity contribution in [1.82, 2.24) is 0 Å². The maximum Gasteiger partial charge on any atom is 0.277 e. The van der Waals surface area contributed by atoms with E-state index in [4.69, 9.17) is 5.11 Å². The van der Waals surface area contributed by atoms with Gasteiger partial charge in [0, 0.05) is 6.07 Å². The van der Waals surface area contributed by atoms with Crippen LogP contribution in [0.1, 0.15) is 24.0 Å². The maximum absolute atomic E-state index is 11.9. The van der Waals surface area contributed by atoms with E-state index in [1.165, 1.54) is 31.2 Å². The number of hydrogen-bond acceptors (Lipinski definition) is 6. The Hall–Kier alpha value is -2.64. The fraction of sp³-hybridized carbons (Fsp3) is 0.250. The van der Waals surface area contributed by atoms with E-state index in [2.05, 4.69) is 0 Å². The molecule has 0 fully saturated rings. The van der Waals surface area contributed by atoms with Gasteiger partial charge in [0.15, 0.2) is 5.78 Å². The van der Waals surface area contributed by atoms with E-state index in [9.17, 15) is 24.8 Å². The third-order valence-corrected chi connectivity index (χ3v) is 3.68. The summed E-state index contributed by atoms with van der Waals surface area (Å²) in [4.78, 5) is 34.3. The van der Waals surface area contributed by atoms with Crippen molar-refractivity contribution in [2.75, 3.05) is 6.61 Å². The van der Waals surface area contributed by atoms with Gasteiger partial charge in [-0.1, -0.05) is 12.1 Å². The molecule has 0 spiro atoms. The number of nitrogens with zero attached hydrogens (tertiary/aromatic N) is 1. The summed E-state index contributed by atoms with van der Waals surface area (Å²) in [6.07, 6.45) is 0. The fourth-order valence-corrected chi connectivity index (χ4v) is 2.65. The van der Waals surface area contributed by atoms with Crippen LogP contribution in [0.5, 0.6) is 0 Å². The lowest BCUT2D eigenvalue weighted by molar-refractivity contribution is -0.383. The van der Waals surface area contributed by atoms with Crippen LogP contribution < -0.4 is 0 Å². The summed E-state index contributed by atoms with van der Waals surface area (Å²) >= 11 is 0. The molecule has 0 heterocycles. The summed E-state index contributed by atoms with van der Waals surface area (Å²) in [7, 11) is 0. The van der Waals surface area contributed by atoms with Crippen molar-refractivity contribution in [3.8, 4) is 0 Å². The van der Waals surface area contributed by atoms with E-state index in [-0.39, 0.29) is 16.6 Å². The molecule has 7 heteroatoms. The molecule has 7 nitrogen and oxygen atoms in total. The molecule has 2 aromatic rings. The third kappa shape index (κ3) is 3.10. The van der Waals surface area contributed by atoms with Crippen molar-refractivity contribution in [3.63, 3.8) is 0 Å². The quantitative estimate of drug-likeness (QED) is 0.473. The van der Waals surface area contributed by atoms with Crippen LogP contribution in [0.2, 0.25) is 0 Å². The van der Waals surface area contributed by atoms with Crippen molar-refractivity contribution in [1.29, 1.82) is 0 Å². The number of carbonyl (C=O) groups is 2. The van der Waals surface area contributed by atoms with Gasteiger partial charge >= 0.3 is 0 Å². The Labute approximate surface area is 131 Å². The molecule has 0 aliphatic rings. The molecule has 0 saturated carbocycles. The van der Waals surface area contributed by atoms with Crippen LogP contribution in [0.3, 0.4) is 0 Å². The summed E-state index contributed by atoms with van der Waals surface area (Å²) in [6.45, 7) is -0.0660. The molecule has 0 radical (unpaired) electrons. The van der Waals surface area contributed by atoms with E-state index in [1.54, 1.807) is 6.07 Å². The topological polar surface area (TPSA) is 118 Å². The highest BCUT2D eigenvalue weighted by atomic mass is 16.6. The molecular weight excluding hydrogens is 302 g/mol. The number of aliphatic hydroxyl groups is 2. The summed E-state index contributed by atoms with van der Waals surface area (Å²) in [5.41, 5.74) is 0.341. The lowest BCUT2D eigenvalue weighted by Gasteiger charge is -2.16. The van der Waals surface area contributed by atoms with Crippen molar-refractivity contribution in [2.45, 2.75) is 19.4 Å². The van der Waals surface area contributed by atoms with Gasteiger partial charge in [-0.05, 0) is 35.6 Å². The average molecular weight is 317 g/mol. The normalized spacial score (nSPS) is 12.1. The lowest BCUT2D eigenvalue weighted by atomic mass is 9.86. The fourth-order valence-electron chi connectivity index (χ4n) is 2.65. The number of ketones is 2. The predicted molar refractivity (Wildman–Crippen MR) is 82.0 cm³/mol. The molecule has 2 N–H and O–H groups in total. The van der Waals surface area contributed by atoms with E-state index < -0.39 is 35.6 Å². The Morgan fingerprint density at radius 3 is 2.48 bits per heavy atom. The number of aliphatic hydroxyl groups excluding tert-OH is 2. The van der Waals surface area contributed by atoms with E-state index in [1.807, 2.05) is 0 Å². The number of carbonyl (C=O) groups excluding carboxylic acids is 2. The van der Waals surface area contributed by atoms with Crippen molar-refractivity contribution in [3.05, 3.63) is 51.6 Å². The number of fused-ring (bicyclic) bond motifs is 1. The van der Waals surface area contributed by atoms with Gasteiger partial charge in [-0.3, -0.25) is 19.7 Å². The first-order valence-electron chi connectivity index (χ1n) is 6.85. The van der Waals surface area contributed by atoms with Gasteiger partial charge in [-0.15, -0.1) is 0 Å². The smallest absolute Gasteiger partial charge is 0.277 e. The number of non-ortho nitro benzene ring substituents is 1. The molecule has 0 amide bonds. The predicted octanol–water partition coefficient (Wildman–Crippen LogP) is 1.47. The van der Waals surface area contributed by atoms with Gasteiger partial charge < -0.3 is 10.2 Å². The summed E-state index contributed by atoms with van der Waals surface area (Å²) in [5, 5.41) is 30.5. The molecule has 2 rings (SSSR count). The standard InChI is InChI=1S/C16H15NO6/c1-9(20)16(15(21)8-19)13-6-12-10(5-11(13)7-18)3-2-4-14(12)17(22)23/h2-6,16,18-19H,7-8H2,1H3. The number of rotatable bonds is 6. The SMILES string of the molecule is CC(=O)C(C(=O)CO)c1cc2c([N+](=O)[O-])cccc2cc1CO. The van der Waals surface area contributed by atoms with E-state index in [0.717, 1.165) is 0 Å². The van der Waals surface area contributed by atoms with E-state index >= 15 is 0 Å². The Morgan fingerprint density at radius 2 is 1.96 bits per heavy atom. The highest BCUT2D eigenvalue weighted by Gasteiger charge is 2.28. The van der Waals surface area contributed by atoms with Crippen LogP contribution in [0.25, 0.3) is 10.8 Å². The third-order valence-electron chi connectivity index (χ3n) is 3.68. The van der Waals surface area contributed by atoms with Crippen LogP contribution in [-0.2, 0) is 16.2 Å². The van der Waals surface area contributed by atoms with Crippen LogP contribution in [0.15, 0.2) is 30.3 Å². The Bertz CT molecular complexity index is 799. The minimum absolute atomic E-state index is 0.160. The highest BCUT2D eigenvalue weighted by molar-refractivity contribution is 6.08. The van der Waals surface area contributed by atoms with Crippen LogP contribution in [0, 0.1) is 10.1 Å². The first-order valence-corrected chi connectivity index (χ1v) is 6.85. The second-order valence-electron chi connectivity index (χ2n) is 5.13. The summed E-state index contributed by atoms with van der Waals surface area (Å²) < 4.78 is 0. The second-order valence-corrected chi connectivity index (χ2v) is 5.13. The molecule has 0 aliphatic carbocycles. The second kappa shape index (κ2) is 6.64. The van der Waals surface area contributed by atoms with Crippen LogP contribution >= 0.6 is 0 Å². The minimum Gasteiger partial charge on any atom is -0.392 e. The summed E-state index contributed by atoms with van der Waals surface area (Å²) in [5.74, 6) is -2.48. The molecule has 2 aromatic carbocycles. The number of nitro groups is 1. The number of hydrogen-bond donors (Lipinski definition) is 2. The first-order chi connectivity index (χ1) is 10.9. The Balaban J connectivity index is 2.80. The number of nitro benzene ring substituents is 1. The number of benzene rings is 2. The van der Waals surface area contributed by atoms with Crippen molar-refractivity contribution >= 4 is 28.0 Å². The monoisotopic (exact) mass is 317 g/mol. The summed E-state index contributed by atoms with van der Waals surface area (Å²) in [6, 6.07) is 7.36. The van der Waals surface area contributed by atoms with Crippen molar-refractivity contribution in [2.24, 2.45) is 0 Å². The van der Waals surface area contributed by atoms with E-state index in [0.29, 0.717) is 10.9 Å². The molecular formula is C16H15NO6. The van der Waals surface area contributed by atoms with Gasteiger partial charge in [0.05, 0.1) is 16.9 Å². The maximum atomic E-state index is 11.9. The number of Topliss-reactive ketones (excluding diaryl/α,β-unsaturated/α-hetero) is 2. The van der Waals surface area contributed by atoms with Crippen LogP contribution in [-0.4, -0.2) is 33.3 Å². The van der Waals surface area contributed by atoms with Crippen molar-refractivity contribution < 1.29 is 24.7 Å². The van der Waals surface area contributed by atoms with Gasteiger partial charge in [0.1, 0.15) is 18.3 Å². The first kappa shape index (κ1) is 16.7. The van der Waals surface area contributed by atoms with Gasteiger partial charge in [0.2, 0.25) is 0 Å². The Morgan fingerprint density at radius 1 is 1.26 bits per heavy atom. The molecule has 0 bridgehead atoms.